The van der Waals surface area contributed by atoms with Gasteiger partial charge in [0.2, 0.25) is 15.9 Å². The fraction of sp³-hybridized carbons (Fsp3) is 0.458. The molecule has 35 heavy (non-hydrogen) atoms. The molecule has 1 fully saturated rings. The lowest BCUT2D eigenvalue weighted by molar-refractivity contribution is -0.384. The van der Waals surface area contributed by atoms with E-state index in [0.29, 0.717) is 6.54 Å². The molecule has 2 aromatic rings. The average molecular weight is 505 g/mol. The summed E-state index contributed by atoms with van der Waals surface area (Å²) in [6.07, 6.45) is 3.79. The van der Waals surface area contributed by atoms with E-state index < -0.39 is 14.9 Å². The van der Waals surface area contributed by atoms with Crippen molar-refractivity contribution in [3.8, 4) is 5.75 Å². The quantitative estimate of drug-likeness (QED) is 0.348. The zero-order chi connectivity index (χ0) is 25.4. The van der Waals surface area contributed by atoms with Gasteiger partial charge in [0.25, 0.3) is 5.69 Å². The molecule has 1 heterocycles. The van der Waals surface area contributed by atoms with Crippen molar-refractivity contribution in [2.75, 3.05) is 37.3 Å². The molecule has 3 rings (SSSR count). The number of non-ortho nitro benzene ring substituents is 1. The van der Waals surface area contributed by atoms with Crippen molar-refractivity contribution < 1.29 is 22.9 Å². The zero-order valence-corrected chi connectivity index (χ0v) is 20.9. The molecule has 0 atom stereocenters. The number of hydrogen-bond acceptors (Lipinski definition) is 7. The molecule has 0 radical (unpaired) electrons. The van der Waals surface area contributed by atoms with Crippen LogP contribution in [0.1, 0.15) is 36.8 Å². The molecule has 10 nitrogen and oxygen atoms in total. The third-order valence-electron chi connectivity index (χ3n) is 5.99. The zero-order valence-electron chi connectivity index (χ0n) is 20.1. The number of carbonyl (C=O) groups excluding carboxylic acids is 1. The Morgan fingerprint density at radius 3 is 2.49 bits per heavy atom. The Balaban J connectivity index is 1.60. The second-order valence-corrected chi connectivity index (χ2v) is 10.5. The third kappa shape index (κ3) is 7.40. The molecule has 1 saturated heterocycles. The molecule has 1 aliphatic rings. The maximum absolute atomic E-state index is 12.5. The molecule has 0 aromatic heterocycles. The topological polar surface area (TPSA) is 122 Å². The summed E-state index contributed by atoms with van der Waals surface area (Å²) in [5.74, 6) is 0.000481. The molecule has 0 bridgehead atoms. The van der Waals surface area contributed by atoms with Crippen molar-refractivity contribution in [3.63, 3.8) is 0 Å². The molecule has 1 amide bonds. The number of hydrogen-bond donors (Lipinski definition) is 1. The second-order valence-electron chi connectivity index (χ2n) is 8.58. The van der Waals surface area contributed by atoms with Crippen LogP contribution in [0, 0.1) is 10.1 Å². The molecule has 0 saturated carbocycles. The summed E-state index contributed by atoms with van der Waals surface area (Å²) in [5.41, 5.74) is 2.07. The van der Waals surface area contributed by atoms with Crippen LogP contribution in [0.2, 0.25) is 0 Å². The van der Waals surface area contributed by atoms with E-state index in [4.69, 9.17) is 4.74 Å². The minimum Gasteiger partial charge on any atom is -0.495 e. The fourth-order valence-electron chi connectivity index (χ4n) is 4.18. The summed E-state index contributed by atoms with van der Waals surface area (Å²) in [4.78, 5) is 25.5. The SMILES string of the molecule is COc1ccc([N+](=O)[O-])cc1N(CCCC(=O)NCc1ccccc1CN1CCCC1)S(C)(=O)=O. The Morgan fingerprint density at radius 2 is 1.86 bits per heavy atom. The predicted molar refractivity (Wildman–Crippen MR) is 134 cm³/mol. The van der Waals surface area contributed by atoms with E-state index >= 15 is 0 Å². The van der Waals surface area contributed by atoms with Gasteiger partial charge in [-0.2, -0.15) is 0 Å². The summed E-state index contributed by atoms with van der Waals surface area (Å²) in [5, 5.41) is 14.1. The largest absolute Gasteiger partial charge is 0.495 e. The highest BCUT2D eigenvalue weighted by Gasteiger charge is 2.24. The van der Waals surface area contributed by atoms with Gasteiger partial charge < -0.3 is 10.1 Å². The van der Waals surface area contributed by atoms with Crippen molar-refractivity contribution in [1.82, 2.24) is 10.2 Å². The third-order valence-corrected chi connectivity index (χ3v) is 7.17. The summed E-state index contributed by atoms with van der Waals surface area (Å²) in [6, 6.07) is 11.8. The Kier molecular flexibility index (Phi) is 9.05. The maximum atomic E-state index is 12.5. The number of methoxy groups -OCH3 is 1. The monoisotopic (exact) mass is 504 g/mol. The Morgan fingerprint density at radius 1 is 1.17 bits per heavy atom. The fourth-order valence-corrected chi connectivity index (χ4v) is 5.14. The van der Waals surface area contributed by atoms with Gasteiger partial charge in [-0.15, -0.1) is 0 Å². The second kappa shape index (κ2) is 12.0. The lowest BCUT2D eigenvalue weighted by Gasteiger charge is -2.24. The number of carbonyl (C=O) groups is 1. The molecule has 2 aromatic carbocycles. The van der Waals surface area contributed by atoms with Gasteiger partial charge in [0, 0.05) is 38.2 Å². The van der Waals surface area contributed by atoms with Gasteiger partial charge in [0.15, 0.2) is 0 Å². The van der Waals surface area contributed by atoms with Gasteiger partial charge in [-0.25, -0.2) is 8.42 Å². The van der Waals surface area contributed by atoms with Crippen LogP contribution in [0.15, 0.2) is 42.5 Å². The van der Waals surface area contributed by atoms with Gasteiger partial charge in [-0.1, -0.05) is 24.3 Å². The number of likely N-dealkylation sites (tertiary alicyclic amines) is 1. The highest BCUT2D eigenvalue weighted by atomic mass is 32.2. The summed E-state index contributed by atoms with van der Waals surface area (Å²) in [6.45, 7) is 3.42. The Hall–Kier alpha value is -3.18. The first-order valence-corrected chi connectivity index (χ1v) is 13.4. The Labute approximate surface area is 206 Å². The number of benzene rings is 2. The molecule has 1 N–H and O–H groups in total. The average Bonchev–Trinajstić information content (AvgIpc) is 3.33. The van der Waals surface area contributed by atoms with Crippen molar-refractivity contribution >= 4 is 27.3 Å². The minimum absolute atomic E-state index is 0.0185. The van der Waals surface area contributed by atoms with Crippen LogP contribution < -0.4 is 14.4 Å². The van der Waals surface area contributed by atoms with Crippen molar-refractivity contribution in [2.24, 2.45) is 0 Å². The van der Waals surface area contributed by atoms with Crippen LogP contribution >= 0.6 is 0 Å². The lowest BCUT2D eigenvalue weighted by atomic mass is 10.1. The van der Waals surface area contributed by atoms with Gasteiger partial charge in [0.05, 0.1) is 18.3 Å². The summed E-state index contributed by atoms with van der Waals surface area (Å²) in [7, 11) is -2.41. The van der Waals surface area contributed by atoms with Crippen molar-refractivity contribution in [2.45, 2.75) is 38.8 Å². The van der Waals surface area contributed by atoms with Crippen LogP contribution in [-0.4, -0.2) is 57.1 Å². The lowest BCUT2D eigenvalue weighted by Crippen LogP contribution is -2.32. The molecule has 0 spiro atoms. The number of nitro groups is 1. The number of ether oxygens (including phenoxy) is 1. The number of nitro benzene ring substituents is 1. The van der Waals surface area contributed by atoms with E-state index in [1.165, 1.54) is 37.6 Å². The summed E-state index contributed by atoms with van der Waals surface area (Å²) >= 11 is 0. The number of rotatable bonds is 12. The van der Waals surface area contributed by atoms with E-state index in [1.54, 1.807) is 0 Å². The Bertz CT molecular complexity index is 1150. The van der Waals surface area contributed by atoms with Gasteiger partial charge in [-0.3, -0.25) is 24.1 Å². The van der Waals surface area contributed by atoms with Crippen molar-refractivity contribution in [3.05, 3.63) is 63.7 Å². The number of amides is 1. The first-order chi connectivity index (χ1) is 16.7. The first kappa shape index (κ1) is 26.4. The van der Waals surface area contributed by atoms with E-state index in [-0.39, 0.29) is 42.4 Å². The number of nitrogens with zero attached hydrogens (tertiary/aromatic N) is 3. The first-order valence-electron chi connectivity index (χ1n) is 11.5. The number of sulfonamides is 1. The molecule has 0 unspecified atom stereocenters. The van der Waals surface area contributed by atoms with E-state index in [2.05, 4.69) is 16.3 Å². The predicted octanol–water partition coefficient (Wildman–Crippen LogP) is 3.06. The number of anilines is 1. The molecular formula is C24H32N4O6S. The normalized spacial score (nSPS) is 14.0. The molecule has 190 valence electrons. The molecule has 0 aliphatic carbocycles. The highest BCUT2D eigenvalue weighted by molar-refractivity contribution is 7.92. The molecule has 11 heteroatoms. The van der Waals surface area contributed by atoms with Crippen molar-refractivity contribution in [1.29, 1.82) is 0 Å². The van der Waals surface area contributed by atoms with Crippen LogP contribution in [0.5, 0.6) is 5.75 Å². The highest BCUT2D eigenvalue weighted by Crippen LogP contribution is 2.33. The minimum atomic E-state index is -3.77. The van der Waals surface area contributed by atoms with Crippen LogP contribution in [0.25, 0.3) is 0 Å². The van der Waals surface area contributed by atoms with Crippen LogP contribution in [0.3, 0.4) is 0 Å². The van der Waals surface area contributed by atoms with E-state index in [0.717, 1.165) is 41.8 Å². The van der Waals surface area contributed by atoms with Crippen LogP contribution in [-0.2, 0) is 27.9 Å². The van der Waals surface area contributed by atoms with Gasteiger partial charge >= 0.3 is 0 Å². The number of nitrogens with one attached hydrogen (secondary N) is 1. The summed E-state index contributed by atoms with van der Waals surface area (Å²) < 4.78 is 31.1. The van der Waals surface area contributed by atoms with Crippen LogP contribution in [0.4, 0.5) is 11.4 Å². The molecular weight excluding hydrogens is 472 g/mol. The van der Waals surface area contributed by atoms with E-state index in [9.17, 15) is 23.3 Å². The van der Waals surface area contributed by atoms with E-state index in [1.807, 2.05) is 18.2 Å². The maximum Gasteiger partial charge on any atom is 0.271 e. The van der Waals surface area contributed by atoms with Gasteiger partial charge in [-0.05, 0) is 49.5 Å². The van der Waals surface area contributed by atoms with Gasteiger partial charge in [0.1, 0.15) is 11.4 Å². The smallest absolute Gasteiger partial charge is 0.271 e. The molecule has 1 aliphatic heterocycles. The standard InChI is InChI=1S/C24H32N4O6S/c1-34-23-12-11-21(28(30)31)16-22(23)27(35(2,32)33)15-7-10-24(29)25-17-19-8-3-4-9-20(19)18-26-13-5-6-14-26/h3-4,8-9,11-12,16H,5-7,10,13-15,17-18H2,1-2H3,(H,25,29).